The standard InChI is InChI=1S/C28H24N8O/c1-2-22(23-13-32-33-24(23)3-1)26-27(17-4-7-29-8-5-17)34-36-25(6-9-30-28(26)36)18-10-21(37-16-18)15-35-14-19-11-20(35)12-31-19/h1-10,13,16,19-20,31H,11-12,14-15H2,(H,32,33)/t19-,20-/m0/s1. The zero-order valence-corrected chi connectivity index (χ0v) is 20.0. The lowest BCUT2D eigenvalue weighted by atomic mass is 9.99. The van der Waals surface area contributed by atoms with Gasteiger partial charge in [-0.05, 0) is 42.3 Å². The molecule has 2 saturated heterocycles. The van der Waals surface area contributed by atoms with Crippen LogP contribution < -0.4 is 5.32 Å². The van der Waals surface area contributed by atoms with Crippen LogP contribution in [0.15, 0.2) is 77.9 Å². The van der Waals surface area contributed by atoms with E-state index in [1.54, 1.807) is 12.4 Å². The summed E-state index contributed by atoms with van der Waals surface area (Å²) >= 11 is 0. The summed E-state index contributed by atoms with van der Waals surface area (Å²) in [6.45, 7) is 2.98. The summed E-state index contributed by atoms with van der Waals surface area (Å²) < 4.78 is 7.98. The van der Waals surface area contributed by atoms with Crippen molar-refractivity contribution in [3.63, 3.8) is 0 Å². The Bertz CT molecular complexity index is 1750. The molecule has 0 saturated carbocycles. The average molecular weight is 489 g/mol. The Kier molecular flexibility index (Phi) is 4.55. The van der Waals surface area contributed by atoms with Crippen LogP contribution in [0.4, 0.5) is 0 Å². The van der Waals surface area contributed by atoms with Gasteiger partial charge in [0.25, 0.3) is 0 Å². The normalized spacial score (nSPS) is 19.5. The number of benzene rings is 1. The van der Waals surface area contributed by atoms with Crippen LogP contribution in [0.25, 0.3) is 50.2 Å². The molecule has 1 aromatic carbocycles. The third-order valence-corrected chi connectivity index (χ3v) is 7.70. The van der Waals surface area contributed by atoms with Crippen LogP contribution in [0.3, 0.4) is 0 Å². The highest BCUT2D eigenvalue weighted by Gasteiger charge is 2.37. The lowest BCUT2D eigenvalue weighted by Gasteiger charge is -2.26. The lowest BCUT2D eigenvalue weighted by molar-refractivity contribution is 0.202. The molecule has 8 rings (SSSR count). The number of furan rings is 1. The van der Waals surface area contributed by atoms with Gasteiger partial charge in [-0.3, -0.25) is 15.0 Å². The third kappa shape index (κ3) is 3.32. The van der Waals surface area contributed by atoms with Crippen molar-refractivity contribution in [2.75, 3.05) is 13.1 Å². The predicted molar refractivity (Wildman–Crippen MR) is 140 cm³/mol. The van der Waals surface area contributed by atoms with Crippen LogP contribution >= 0.6 is 0 Å². The van der Waals surface area contributed by atoms with E-state index < -0.39 is 0 Å². The Morgan fingerprint density at radius 3 is 2.86 bits per heavy atom. The second-order valence-electron chi connectivity index (χ2n) is 9.89. The molecule has 2 aliphatic rings. The first-order valence-electron chi connectivity index (χ1n) is 12.6. The molecule has 6 aromatic rings. The molecule has 2 atom stereocenters. The van der Waals surface area contributed by atoms with Crippen molar-refractivity contribution in [2.24, 2.45) is 0 Å². The first-order valence-corrected chi connectivity index (χ1v) is 12.6. The highest BCUT2D eigenvalue weighted by molar-refractivity contribution is 6.02. The topological polar surface area (TPSA) is 100 Å². The number of hydrogen-bond donors (Lipinski definition) is 2. The Morgan fingerprint density at radius 2 is 2.00 bits per heavy atom. The monoisotopic (exact) mass is 488 g/mol. The minimum absolute atomic E-state index is 0.605. The molecule has 2 bridgehead atoms. The number of aromatic nitrogens is 6. The Labute approximate surface area is 212 Å². The molecule has 0 radical (unpaired) electrons. The molecule has 9 heteroatoms. The van der Waals surface area contributed by atoms with Gasteiger partial charge in [0.2, 0.25) is 0 Å². The van der Waals surface area contributed by atoms with Crippen molar-refractivity contribution in [3.05, 3.63) is 79.3 Å². The SMILES string of the molecule is c1cc(-c2c(-c3ccncc3)nn3c(-c4coc(CN5C[C@@H]6C[C@H]5CN6)c4)ccnc23)c2cn[nH]c2c1. The first kappa shape index (κ1) is 20.8. The van der Waals surface area contributed by atoms with Gasteiger partial charge in [0.1, 0.15) is 17.7 Å². The van der Waals surface area contributed by atoms with Crippen LogP contribution in [0.5, 0.6) is 0 Å². The van der Waals surface area contributed by atoms with Crippen LogP contribution in [-0.2, 0) is 6.54 Å². The number of likely N-dealkylation sites (tertiary alicyclic amines) is 1. The van der Waals surface area contributed by atoms with E-state index in [9.17, 15) is 0 Å². The fraction of sp³-hybridized carbons (Fsp3) is 0.214. The van der Waals surface area contributed by atoms with E-state index in [-0.39, 0.29) is 0 Å². The number of aromatic amines is 1. The Hall–Kier alpha value is -4.34. The van der Waals surface area contributed by atoms with E-state index in [0.29, 0.717) is 12.1 Å². The van der Waals surface area contributed by atoms with Crippen LogP contribution in [0.1, 0.15) is 12.2 Å². The molecule has 0 unspecified atom stereocenters. The van der Waals surface area contributed by atoms with E-state index in [1.165, 1.54) is 6.42 Å². The molecule has 7 heterocycles. The number of pyridine rings is 1. The third-order valence-electron chi connectivity index (χ3n) is 7.70. The van der Waals surface area contributed by atoms with E-state index in [4.69, 9.17) is 14.5 Å². The molecule has 2 aliphatic heterocycles. The summed E-state index contributed by atoms with van der Waals surface area (Å²) in [5.74, 6) is 0.970. The number of hydrogen-bond acceptors (Lipinski definition) is 7. The lowest BCUT2D eigenvalue weighted by Crippen LogP contribution is -2.42. The smallest absolute Gasteiger partial charge is 0.164 e. The fourth-order valence-corrected chi connectivity index (χ4v) is 5.95. The fourth-order valence-electron chi connectivity index (χ4n) is 5.95. The maximum atomic E-state index is 6.05. The summed E-state index contributed by atoms with van der Waals surface area (Å²) in [6.07, 6.45) is 10.4. The van der Waals surface area contributed by atoms with Crippen LogP contribution in [-0.4, -0.2) is 59.9 Å². The zero-order valence-electron chi connectivity index (χ0n) is 20.0. The summed E-state index contributed by atoms with van der Waals surface area (Å²) in [5, 5.41) is 17.1. The van der Waals surface area contributed by atoms with Crippen molar-refractivity contribution in [3.8, 4) is 33.6 Å². The molecule has 0 aliphatic carbocycles. The number of H-pyrrole nitrogens is 1. The van der Waals surface area contributed by atoms with Gasteiger partial charge in [-0.15, -0.1) is 0 Å². The molecule has 2 N–H and O–H groups in total. The molecule has 37 heavy (non-hydrogen) atoms. The molecule has 182 valence electrons. The number of nitrogens with one attached hydrogen (secondary N) is 2. The van der Waals surface area contributed by atoms with Gasteiger partial charge in [0, 0.05) is 60.3 Å². The maximum absolute atomic E-state index is 6.05. The van der Waals surface area contributed by atoms with Gasteiger partial charge in [0.15, 0.2) is 5.65 Å². The largest absolute Gasteiger partial charge is 0.467 e. The zero-order chi connectivity index (χ0) is 24.3. The summed E-state index contributed by atoms with van der Waals surface area (Å²) in [4.78, 5) is 11.5. The molecule has 0 spiro atoms. The van der Waals surface area contributed by atoms with E-state index >= 15 is 0 Å². The van der Waals surface area contributed by atoms with Crippen molar-refractivity contribution in [1.29, 1.82) is 0 Å². The molecular formula is C28H24N8O. The van der Waals surface area contributed by atoms with Gasteiger partial charge in [-0.25, -0.2) is 9.50 Å². The van der Waals surface area contributed by atoms with E-state index in [0.717, 1.165) is 75.6 Å². The van der Waals surface area contributed by atoms with Crippen molar-refractivity contribution in [1.82, 2.24) is 40.0 Å². The summed E-state index contributed by atoms with van der Waals surface area (Å²) in [6, 6.07) is 15.5. The quantitative estimate of drug-likeness (QED) is 0.376. The Balaban J connectivity index is 1.28. The maximum Gasteiger partial charge on any atom is 0.164 e. The van der Waals surface area contributed by atoms with Crippen LogP contribution in [0, 0.1) is 0 Å². The predicted octanol–water partition coefficient (Wildman–Crippen LogP) is 4.14. The number of rotatable bonds is 5. The molecule has 0 amide bonds. The highest BCUT2D eigenvalue weighted by atomic mass is 16.3. The molecule has 5 aromatic heterocycles. The number of nitrogens with zero attached hydrogens (tertiary/aromatic N) is 6. The van der Waals surface area contributed by atoms with E-state index in [1.807, 2.05) is 53.5 Å². The van der Waals surface area contributed by atoms with Gasteiger partial charge >= 0.3 is 0 Å². The van der Waals surface area contributed by atoms with Crippen molar-refractivity contribution in [2.45, 2.75) is 25.0 Å². The molecule has 2 fully saturated rings. The van der Waals surface area contributed by atoms with Gasteiger partial charge in [-0.2, -0.15) is 10.2 Å². The minimum Gasteiger partial charge on any atom is -0.467 e. The van der Waals surface area contributed by atoms with Crippen molar-refractivity contribution >= 4 is 16.6 Å². The van der Waals surface area contributed by atoms with Crippen LogP contribution in [0.2, 0.25) is 0 Å². The molecular weight excluding hydrogens is 464 g/mol. The van der Waals surface area contributed by atoms with Crippen molar-refractivity contribution < 1.29 is 4.42 Å². The Morgan fingerprint density at radius 1 is 1.05 bits per heavy atom. The van der Waals surface area contributed by atoms with Gasteiger partial charge in [0.05, 0.1) is 29.5 Å². The highest BCUT2D eigenvalue weighted by Crippen LogP contribution is 2.39. The average Bonchev–Trinajstić information content (AvgIpc) is 3.76. The van der Waals surface area contributed by atoms with E-state index in [2.05, 4.69) is 37.5 Å². The second kappa shape index (κ2) is 8.09. The second-order valence-corrected chi connectivity index (χ2v) is 9.89. The number of fused-ring (bicyclic) bond motifs is 4. The van der Waals surface area contributed by atoms with Gasteiger partial charge in [-0.1, -0.05) is 12.1 Å². The van der Waals surface area contributed by atoms with Gasteiger partial charge < -0.3 is 9.73 Å². The minimum atomic E-state index is 0.605. The summed E-state index contributed by atoms with van der Waals surface area (Å²) in [5.41, 5.74) is 7.50. The summed E-state index contributed by atoms with van der Waals surface area (Å²) in [7, 11) is 0. The number of piperazine rings is 1. The first-order chi connectivity index (χ1) is 18.3. The molecule has 9 nitrogen and oxygen atoms in total.